The Balaban J connectivity index is 2.90. The van der Waals surface area contributed by atoms with Crippen molar-refractivity contribution >= 4 is 5.78 Å². The van der Waals surface area contributed by atoms with Crippen molar-refractivity contribution in [3.63, 3.8) is 0 Å². The predicted octanol–water partition coefficient (Wildman–Crippen LogP) is 8.38. The second-order valence-electron chi connectivity index (χ2n) is 13.9. The number of aliphatic hydroxyl groups is 1. The number of rotatable bonds is 18. The Labute approximate surface area is 241 Å². The Kier molecular flexibility index (Phi) is 14.9. The highest BCUT2D eigenvalue weighted by molar-refractivity contribution is 5.89. The quantitative estimate of drug-likeness (QED) is 0.173. The Morgan fingerprint density at radius 1 is 0.974 bits per heavy atom. The number of Topliss-reactive ketones (excluding diaryl/α,β-unsaturated/α-hetero) is 1. The molecule has 1 rings (SSSR count). The molecule has 1 aliphatic heterocycles. The van der Waals surface area contributed by atoms with E-state index in [0.29, 0.717) is 36.0 Å². The Hall–Kier alpha value is -0.750. The molecule has 0 aliphatic carbocycles. The number of carbonyl (C=O) groups excluding carboxylic acids is 1. The second-order valence-corrected chi connectivity index (χ2v) is 13.9. The first-order chi connectivity index (χ1) is 18.0. The summed E-state index contributed by atoms with van der Waals surface area (Å²) in [5.74, 6) is 1.28. The molecule has 1 saturated heterocycles. The van der Waals surface area contributed by atoms with E-state index in [9.17, 15) is 9.90 Å². The smallest absolute Gasteiger partial charge is 0.172 e. The number of ketones is 1. The molecular weight excluding hydrogens is 488 g/mol. The van der Waals surface area contributed by atoms with Gasteiger partial charge in [0.1, 0.15) is 6.10 Å². The van der Waals surface area contributed by atoms with Gasteiger partial charge in [0.25, 0.3) is 0 Å². The average molecular weight is 553 g/mol. The van der Waals surface area contributed by atoms with Crippen LogP contribution >= 0.6 is 0 Å². The lowest BCUT2D eigenvalue weighted by Gasteiger charge is -2.34. The lowest BCUT2D eigenvalue weighted by molar-refractivity contribution is -0.162. The van der Waals surface area contributed by atoms with Crippen molar-refractivity contribution in [2.24, 2.45) is 35.0 Å². The lowest BCUT2D eigenvalue weighted by atomic mass is 9.74. The fourth-order valence-electron chi connectivity index (χ4n) is 6.10. The number of carbonyl (C=O) groups is 1. The molecule has 0 aromatic rings. The van der Waals surface area contributed by atoms with Gasteiger partial charge in [0, 0.05) is 7.11 Å². The molecule has 0 amide bonds. The fourth-order valence-corrected chi connectivity index (χ4v) is 6.10. The highest BCUT2D eigenvalue weighted by Gasteiger charge is 2.51. The molecule has 8 atom stereocenters. The number of ether oxygens (including phenoxy) is 3. The SMILES string of the molecule is CCC(/C=C(/C)[C@@H](C)C[C@@H](C)CC(O)C(C)(C)C(=O)[C@@H]1OC(C)(C)O[C@@H]1C[C@@H](C)C[C@@H](OC)C(C)CC)CC. The Bertz CT molecular complexity index is 753. The van der Waals surface area contributed by atoms with Crippen molar-refractivity contribution in [2.75, 3.05) is 7.11 Å². The first-order valence-electron chi connectivity index (χ1n) is 15.8. The zero-order valence-electron chi connectivity index (χ0n) is 27.8. The maximum Gasteiger partial charge on any atom is 0.172 e. The van der Waals surface area contributed by atoms with Crippen molar-refractivity contribution in [1.29, 1.82) is 0 Å². The van der Waals surface area contributed by atoms with Crippen molar-refractivity contribution in [3.05, 3.63) is 11.6 Å². The lowest BCUT2D eigenvalue weighted by Crippen LogP contribution is -2.47. The van der Waals surface area contributed by atoms with Gasteiger partial charge in [0.05, 0.1) is 23.7 Å². The fraction of sp³-hybridized carbons (Fsp3) is 0.912. The number of hydrogen-bond donors (Lipinski definition) is 1. The molecule has 0 saturated carbocycles. The van der Waals surface area contributed by atoms with Crippen molar-refractivity contribution < 1.29 is 24.1 Å². The maximum atomic E-state index is 13.9. The number of allylic oxidation sites excluding steroid dienone is 2. The molecule has 5 nitrogen and oxygen atoms in total. The van der Waals surface area contributed by atoms with Crippen molar-refractivity contribution in [3.8, 4) is 0 Å². The van der Waals surface area contributed by atoms with Crippen LogP contribution in [0.5, 0.6) is 0 Å². The van der Waals surface area contributed by atoms with Gasteiger partial charge in [0.2, 0.25) is 0 Å². The molecule has 0 radical (unpaired) electrons. The molecule has 5 heteroatoms. The van der Waals surface area contributed by atoms with Crippen LogP contribution < -0.4 is 0 Å². The molecule has 0 aromatic heterocycles. The second kappa shape index (κ2) is 16.0. The third-order valence-corrected chi connectivity index (χ3v) is 9.47. The van der Waals surface area contributed by atoms with Crippen LogP contribution in [0, 0.1) is 35.0 Å². The zero-order valence-corrected chi connectivity index (χ0v) is 27.8. The van der Waals surface area contributed by atoms with Crippen LogP contribution in [-0.4, -0.2) is 48.2 Å². The van der Waals surface area contributed by atoms with Gasteiger partial charge < -0.3 is 19.3 Å². The molecular formula is C34H64O5. The van der Waals surface area contributed by atoms with Gasteiger partial charge in [0.15, 0.2) is 11.6 Å². The minimum atomic E-state index is -0.931. The van der Waals surface area contributed by atoms with E-state index in [4.69, 9.17) is 14.2 Å². The van der Waals surface area contributed by atoms with E-state index in [1.165, 1.54) is 18.4 Å². The van der Waals surface area contributed by atoms with Gasteiger partial charge in [-0.05, 0) is 88.9 Å². The van der Waals surface area contributed by atoms with Crippen LogP contribution in [0.4, 0.5) is 0 Å². The monoisotopic (exact) mass is 552 g/mol. The normalized spacial score (nSPS) is 24.8. The third kappa shape index (κ3) is 10.9. The standard InChI is InChI=1S/C34H64O5/c1-14-24(6)28(37-13)18-23(5)19-29-31(39-34(11,12)38-29)32(36)33(9,10)30(35)20-22(4)17-25(7)26(8)21-27(15-2)16-3/h21-25,27-31,35H,14-20H2,1-13H3/b26-21-/t22-,23+,24?,25+,28-,29-,30?,31-/m1/s1. The van der Waals surface area contributed by atoms with Crippen LogP contribution in [0.1, 0.15) is 128 Å². The highest BCUT2D eigenvalue weighted by atomic mass is 16.8. The maximum absolute atomic E-state index is 13.9. The van der Waals surface area contributed by atoms with Gasteiger partial charge in [-0.15, -0.1) is 0 Å². The van der Waals surface area contributed by atoms with Crippen LogP contribution in [0.15, 0.2) is 11.6 Å². The Morgan fingerprint density at radius 2 is 1.56 bits per heavy atom. The molecule has 2 unspecified atom stereocenters. The minimum absolute atomic E-state index is 0.0620. The summed E-state index contributed by atoms with van der Waals surface area (Å²) in [6, 6.07) is 0. The average Bonchev–Trinajstić information content (AvgIpc) is 3.17. The van der Waals surface area contributed by atoms with E-state index in [1.807, 2.05) is 27.7 Å². The topological polar surface area (TPSA) is 65.0 Å². The Morgan fingerprint density at radius 3 is 2.08 bits per heavy atom. The van der Waals surface area contributed by atoms with E-state index in [-0.39, 0.29) is 18.0 Å². The molecule has 1 N–H and O–H groups in total. The molecule has 1 fully saturated rings. The van der Waals surface area contributed by atoms with Crippen molar-refractivity contribution in [2.45, 2.75) is 158 Å². The summed E-state index contributed by atoms with van der Waals surface area (Å²) >= 11 is 0. The summed E-state index contributed by atoms with van der Waals surface area (Å²) in [6.45, 7) is 25.3. The van der Waals surface area contributed by atoms with Crippen LogP contribution in [0.3, 0.4) is 0 Å². The van der Waals surface area contributed by atoms with Gasteiger partial charge in [-0.3, -0.25) is 4.79 Å². The molecule has 1 heterocycles. The molecule has 1 aliphatic rings. The number of methoxy groups -OCH3 is 1. The predicted molar refractivity (Wildman–Crippen MR) is 163 cm³/mol. The third-order valence-electron chi connectivity index (χ3n) is 9.47. The number of aliphatic hydroxyl groups excluding tert-OH is 1. The first kappa shape index (κ1) is 36.3. The van der Waals surface area contributed by atoms with E-state index in [2.05, 4.69) is 61.5 Å². The summed E-state index contributed by atoms with van der Waals surface area (Å²) < 4.78 is 18.2. The number of hydrogen-bond acceptors (Lipinski definition) is 5. The van der Waals surface area contributed by atoms with Crippen molar-refractivity contribution in [1.82, 2.24) is 0 Å². The van der Waals surface area contributed by atoms with E-state index in [0.717, 1.165) is 25.7 Å². The molecule has 0 aromatic carbocycles. The summed E-state index contributed by atoms with van der Waals surface area (Å²) in [7, 11) is 1.78. The van der Waals surface area contributed by atoms with Gasteiger partial charge in [-0.25, -0.2) is 0 Å². The van der Waals surface area contributed by atoms with Crippen LogP contribution in [-0.2, 0) is 19.0 Å². The highest BCUT2D eigenvalue weighted by Crippen LogP contribution is 2.39. The molecule has 39 heavy (non-hydrogen) atoms. The van der Waals surface area contributed by atoms with Gasteiger partial charge in [-0.2, -0.15) is 0 Å². The summed E-state index contributed by atoms with van der Waals surface area (Å²) in [5, 5.41) is 11.3. The largest absolute Gasteiger partial charge is 0.392 e. The van der Waals surface area contributed by atoms with E-state index in [1.54, 1.807) is 7.11 Å². The van der Waals surface area contributed by atoms with Gasteiger partial charge in [-0.1, -0.05) is 80.4 Å². The van der Waals surface area contributed by atoms with Crippen LogP contribution in [0.25, 0.3) is 0 Å². The summed E-state index contributed by atoms with van der Waals surface area (Å²) in [5.41, 5.74) is 0.500. The molecule has 230 valence electrons. The summed E-state index contributed by atoms with van der Waals surface area (Å²) in [4.78, 5) is 13.9. The molecule has 0 bridgehead atoms. The zero-order chi connectivity index (χ0) is 30.1. The van der Waals surface area contributed by atoms with Gasteiger partial charge >= 0.3 is 0 Å². The molecule has 0 spiro atoms. The van der Waals surface area contributed by atoms with E-state index >= 15 is 0 Å². The summed E-state index contributed by atoms with van der Waals surface area (Å²) in [6.07, 6.45) is 7.47. The van der Waals surface area contributed by atoms with E-state index < -0.39 is 23.4 Å². The minimum Gasteiger partial charge on any atom is -0.392 e. The first-order valence-corrected chi connectivity index (χ1v) is 15.8. The van der Waals surface area contributed by atoms with Crippen LogP contribution in [0.2, 0.25) is 0 Å².